The SMILES string of the molecule is OCCN(CC#CC[C@](O)(c1ccccc1)C1CCCC1)Cc1ccccc1. The summed E-state index contributed by atoms with van der Waals surface area (Å²) in [4.78, 5) is 2.14. The zero-order valence-corrected chi connectivity index (χ0v) is 16.6. The van der Waals surface area contributed by atoms with Crippen molar-refractivity contribution in [3.63, 3.8) is 0 Å². The fourth-order valence-electron chi connectivity index (χ4n) is 4.17. The minimum atomic E-state index is -0.869. The summed E-state index contributed by atoms with van der Waals surface area (Å²) >= 11 is 0. The molecule has 0 heterocycles. The first-order valence-electron chi connectivity index (χ1n) is 10.3. The highest BCUT2D eigenvalue weighted by atomic mass is 16.3. The predicted octanol–water partition coefficient (Wildman–Crippen LogP) is 3.95. The molecule has 0 radical (unpaired) electrons. The molecule has 2 aromatic carbocycles. The maximum atomic E-state index is 11.5. The average molecular weight is 378 g/mol. The Labute approximate surface area is 169 Å². The largest absolute Gasteiger partial charge is 0.395 e. The van der Waals surface area contributed by atoms with E-state index in [1.54, 1.807) is 0 Å². The molecule has 0 aliphatic heterocycles. The minimum Gasteiger partial charge on any atom is -0.395 e. The van der Waals surface area contributed by atoms with Crippen LogP contribution in [-0.4, -0.2) is 34.8 Å². The molecular weight excluding hydrogens is 346 g/mol. The van der Waals surface area contributed by atoms with Crippen molar-refractivity contribution in [2.75, 3.05) is 19.7 Å². The Bertz CT molecular complexity index is 759. The van der Waals surface area contributed by atoms with E-state index in [1.807, 2.05) is 48.5 Å². The van der Waals surface area contributed by atoms with Crippen molar-refractivity contribution in [3.8, 4) is 11.8 Å². The van der Waals surface area contributed by atoms with E-state index < -0.39 is 5.60 Å². The summed E-state index contributed by atoms with van der Waals surface area (Å²) in [6, 6.07) is 20.3. The second kappa shape index (κ2) is 10.4. The van der Waals surface area contributed by atoms with Crippen LogP contribution in [0, 0.1) is 17.8 Å². The fourth-order valence-corrected chi connectivity index (χ4v) is 4.17. The highest BCUT2D eigenvalue weighted by molar-refractivity contribution is 5.26. The van der Waals surface area contributed by atoms with Gasteiger partial charge in [-0.15, -0.1) is 0 Å². The van der Waals surface area contributed by atoms with Gasteiger partial charge in [0.25, 0.3) is 0 Å². The molecule has 2 N–H and O–H groups in total. The third-order valence-corrected chi connectivity index (χ3v) is 5.76. The molecule has 0 bridgehead atoms. The molecule has 28 heavy (non-hydrogen) atoms. The number of aliphatic hydroxyl groups excluding tert-OH is 1. The quantitative estimate of drug-likeness (QED) is 0.685. The Balaban J connectivity index is 1.66. The Hall–Kier alpha value is -2.12. The third-order valence-electron chi connectivity index (χ3n) is 5.76. The van der Waals surface area contributed by atoms with Gasteiger partial charge in [-0.25, -0.2) is 0 Å². The van der Waals surface area contributed by atoms with Crippen LogP contribution in [0.1, 0.15) is 43.2 Å². The van der Waals surface area contributed by atoms with Gasteiger partial charge in [0.1, 0.15) is 5.60 Å². The third kappa shape index (κ3) is 5.45. The Morgan fingerprint density at radius 2 is 1.57 bits per heavy atom. The molecule has 1 aliphatic carbocycles. The monoisotopic (exact) mass is 377 g/mol. The first-order valence-corrected chi connectivity index (χ1v) is 10.3. The zero-order valence-electron chi connectivity index (χ0n) is 16.6. The predicted molar refractivity (Wildman–Crippen MR) is 113 cm³/mol. The van der Waals surface area contributed by atoms with Crippen LogP contribution in [-0.2, 0) is 12.1 Å². The van der Waals surface area contributed by atoms with E-state index in [1.165, 1.54) is 18.4 Å². The topological polar surface area (TPSA) is 43.7 Å². The van der Waals surface area contributed by atoms with E-state index in [4.69, 9.17) is 0 Å². The van der Waals surface area contributed by atoms with Gasteiger partial charge in [-0.05, 0) is 29.9 Å². The lowest BCUT2D eigenvalue weighted by Gasteiger charge is -2.33. The van der Waals surface area contributed by atoms with E-state index in [2.05, 4.69) is 28.9 Å². The smallest absolute Gasteiger partial charge is 0.103 e. The van der Waals surface area contributed by atoms with Crippen molar-refractivity contribution in [3.05, 3.63) is 71.8 Å². The molecule has 1 fully saturated rings. The number of nitrogens with zero attached hydrogens (tertiary/aromatic N) is 1. The summed E-state index contributed by atoms with van der Waals surface area (Å²) in [5, 5.41) is 20.9. The molecule has 2 aromatic rings. The lowest BCUT2D eigenvalue weighted by Crippen LogP contribution is -2.33. The highest BCUT2D eigenvalue weighted by Crippen LogP contribution is 2.42. The molecule has 0 unspecified atom stereocenters. The van der Waals surface area contributed by atoms with Crippen molar-refractivity contribution in [1.29, 1.82) is 0 Å². The van der Waals surface area contributed by atoms with E-state index in [9.17, 15) is 10.2 Å². The van der Waals surface area contributed by atoms with E-state index in [-0.39, 0.29) is 12.5 Å². The van der Waals surface area contributed by atoms with Gasteiger partial charge >= 0.3 is 0 Å². The van der Waals surface area contributed by atoms with Crippen molar-refractivity contribution < 1.29 is 10.2 Å². The van der Waals surface area contributed by atoms with Gasteiger partial charge < -0.3 is 10.2 Å². The molecule has 0 spiro atoms. The summed E-state index contributed by atoms with van der Waals surface area (Å²) in [5.41, 5.74) is 1.32. The summed E-state index contributed by atoms with van der Waals surface area (Å²) < 4.78 is 0. The van der Waals surface area contributed by atoms with Crippen molar-refractivity contribution >= 4 is 0 Å². The standard InChI is InChI=1S/C25H31NO2/c27-20-19-26(21-22-11-3-1-4-12-22)18-10-9-17-25(28,24-15-7-8-16-24)23-13-5-2-6-14-23/h1-6,11-14,24,27-28H,7-8,15-21H2/t25-/m0/s1. The van der Waals surface area contributed by atoms with E-state index in [0.29, 0.717) is 19.5 Å². The maximum absolute atomic E-state index is 11.5. The van der Waals surface area contributed by atoms with Crippen LogP contribution in [0.5, 0.6) is 0 Å². The van der Waals surface area contributed by atoms with Gasteiger partial charge in [-0.3, -0.25) is 4.90 Å². The molecule has 0 aromatic heterocycles. The van der Waals surface area contributed by atoms with Crippen LogP contribution < -0.4 is 0 Å². The van der Waals surface area contributed by atoms with Gasteiger partial charge in [-0.2, -0.15) is 0 Å². The van der Waals surface area contributed by atoms with Crippen LogP contribution in [0.3, 0.4) is 0 Å². The molecule has 1 aliphatic rings. The van der Waals surface area contributed by atoms with E-state index in [0.717, 1.165) is 24.9 Å². The van der Waals surface area contributed by atoms with Crippen LogP contribution in [0.4, 0.5) is 0 Å². The second-order valence-electron chi connectivity index (χ2n) is 7.72. The van der Waals surface area contributed by atoms with Gasteiger partial charge in [-0.1, -0.05) is 85.3 Å². The van der Waals surface area contributed by atoms with Gasteiger partial charge in [0.2, 0.25) is 0 Å². The molecule has 148 valence electrons. The molecule has 1 atom stereocenters. The van der Waals surface area contributed by atoms with Crippen LogP contribution >= 0.6 is 0 Å². The summed E-state index contributed by atoms with van der Waals surface area (Å²) in [6.45, 7) is 2.06. The molecule has 0 saturated heterocycles. The van der Waals surface area contributed by atoms with Crippen molar-refractivity contribution in [1.82, 2.24) is 4.90 Å². The summed E-state index contributed by atoms with van der Waals surface area (Å²) in [5.74, 6) is 6.78. The fraction of sp³-hybridized carbons (Fsp3) is 0.440. The van der Waals surface area contributed by atoms with Crippen LogP contribution in [0.15, 0.2) is 60.7 Å². The van der Waals surface area contributed by atoms with Gasteiger partial charge in [0.05, 0.1) is 13.2 Å². The van der Waals surface area contributed by atoms with Gasteiger partial charge in [0, 0.05) is 19.5 Å². The average Bonchev–Trinajstić information content (AvgIpc) is 3.28. The van der Waals surface area contributed by atoms with Crippen molar-refractivity contribution in [2.24, 2.45) is 5.92 Å². The van der Waals surface area contributed by atoms with Gasteiger partial charge in [0.15, 0.2) is 0 Å². The zero-order chi connectivity index (χ0) is 19.7. The molecule has 3 nitrogen and oxygen atoms in total. The Morgan fingerprint density at radius 1 is 0.929 bits per heavy atom. The summed E-state index contributed by atoms with van der Waals surface area (Å²) in [6.07, 6.45) is 4.97. The molecular formula is C25H31NO2. The molecule has 1 saturated carbocycles. The molecule has 3 heteroatoms. The number of hydrogen-bond donors (Lipinski definition) is 2. The minimum absolute atomic E-state index is 0.116. The lowest BCUT2D eigenvalue weighted by atomic mass is 9.78. The summed E-state index contributed by atoms with van der Waals surface area (Å²) in [7, 11) is 0. The second-order valence-corrected chi connectivity index (χ2v) is 7.72. The first-order chi connectivity index (χ1) is 13.7. The van der Waals surface area contributed by atoms with E-state index >= 15 is 0 Å². The van der Waals surface area contributed by atoms with Crippen LogP contribution in [0.2, 0.25) is 0 Å². The van der Waals surface area contributed by atoms with Crippen molar-refractivity contribution in [2.45, 2.75) is 44.2 Å². The first kappa shape index (κ1) is 20.6. The lowest BCUT2D eigenvalue weighted by molar-refractivity contribution is -0.0173. The number of rotatable bonds is 8. The normalized spacial score (nSPS) is 16.5. The number of benzene rings is 2. The number of hydrogen-bond acceptors (Lipinski definition) is 3. The molecule has 3 rings (SSSR count). The Morgan fingerprint density at radius 3 is 2.21 bits per heavy atom. The number of aliphatic hydroxyl groups is 2. The Kier molecular flexibility index (Phi) is 7.68. The van der Waals surface area contributed by atoms with Crippen LogP contribution in [0.25, 0.3) is 0 Å². The molecule has 0 amide bonds. The maximum Gasteiger partial charge on any atom is 0.103 e. The highest BCUT2D eigenvalue weighted by Gasteiger charge is 2.39.